The van der Waals surface area contributed by atoms with Crippen molar-refractivity contribution in [3.8, 4) is 11.4 Å². The number of rotatable bonds is 5. The van der Waals surface area contributed by atoms with Gasteiger partial charge in [0.05, 0.1) is 10.9 Å². The number of benzene rings is 1. The molecule has 0 bridgehead atoms. The third-order valence-corrected chi connectivity index (χ3v) is 8.14. The van der Waals surface area contributed by atoms with E-state index in [1.807, 2.05) is 31.2 Å². The van der Waals surface area contributed by atoms with Gasteiger partial charge in [-0.15, -0.1) is 0 Å². The second-order valence-corrected chi connectivity index (χ2v) is 10.0. The van der Waals surface area contributed by atoms with Gasteiger partial charge in [0.25, 0.3) is 0 Å². The van der Waals surface area contributed by atoms with Crippen LogP contribution in [-0.2, 0) is 22.9 Å². The predicted molar refractivity (Wildman–Crippen MR) is 115 cm³/mol. The van der Waals surface area contributed by atoms with Crippen LogP contribution < -0.4 is 0 Å². The van der Waals surface area contributed by atoms with E-state index < -0.39 is 10.0 Å². The maximum absolute atomic E-state index is 13.2. The highest BCUT2D eigenvalue weighted by molar-refractivity contribution is 7.89. The third-order valence-electron chi connectivity index (χ3n) is 6.25. The molecule has 31 heavy (non-hydrogen) atoms. The smallest absolute Gasteiger partial charge is 0.244 e. The van der Waals surface area contributed by atoms with Gasteiger partial charge in [-0.05, 0) is 61.6 Å². The fourth-order valence-corrected chi connectivity index (χ4v) is 5.84. The molecule has 2 aliphatic rings. The Bertz CT molecular complexity index is 1170. The van der Waals surface area contributed by atoms with Crippen LogP contribution in [0.4, 0.5) is 0 Å². The van der Waals surface area contributed by atoms with Crippen LogP contribution in [0.15, 0.2) is 52.1 Å². The number of aromatic nitrogens is 3. The number of hydrogen-bond donors (Lipinski definition) is 0. The molecule has 1 atom stereocenters. The molecule has 1 fully saturated rings. The summed E-state index contributed by atoms with van der Waals surface area (Å²) in [6.07, 6.45) is 6.51. The summed E-state index contributed by atoms with van der Waals surface area (Å²) < 4.78 is 33.4. The summed E-state index contributed by atoms with van der Waals surface area (Å²) in [6.45, 7) is 4.10. The Labute approximate surface area is 182 Å². The monoisotopic (exact) mass is 439 g/mol. The zero-order valence-corrected chi connectivity index (χ0v) is 18.3. The predicted octanol–water partition coefficient (Wildman–Crippen LogP) is 2.69. The van der Waals surface area contributed by atoms with Crippen LogP contribution >= 0.6 is 0 Å². The van der Waals surface area contributed by atoms with Gasteiger partial charge in [-0.2, -0.15) is 9.29 Å². The molecular formula is C22H25N5O3S. The number of fused-ring (bicyclic) bond motifs is 1. The first-order chi connectivity index (χ1) is 15.0. The summed E-state index contributed by atoms with van der Waals surface area (Å²) >= 11 is 0. The van der Waals surface area contributed by atoms with E-state index in [2.05, 4.69) is 20.0 Å². The first kappa shape index (κ1) is 20.3. The second kappa shape index (κ2) is 8.14. The minimum Gasteiger partial charge on any atom is -0.337 e. The van der Waals surface area contributed by atoms with E-state index in [0.717, 1.165) is 24.8 Å². The lowest BCUT2D eigenvalue weighted by Crippen LogP contribution is -2.49. The molecule has 1 aliphatic heterocycles. The van der Waals surface area contributed by atoms with Gasteiger partial charge in [0.1, 0.15) is 0 Å². The van der Waals surface area contributed by atoms with Crippen LogP contribution in [0.3, 0.4) is 0 Å². The number of piperazine rings is 1. The first-order valence-corrected chi connectivity index (χ1v) is 12.1. The van der Waals surface area contributed by atoms with Gasteiger partial charge in [-0.3, -0.25) is 9.88 Å². The van der Waals surface area contributed by atoms with E-state index in [4.69, 9.17) is 4.52 Å². The van der Waals surface area contributed by atoms with Crippen molar-refractivity contribution in [1.29, 1.82) is 0 Å². The van der Waals surface area contributed by atoms with E-state index in [0.29, 0.717) is 42.8 Å². The molecule has 0 spiro atoms. The van der Waals surface area contributed by atoms with Gasteiger partial charge in [0, 0.05) is 44.1 Å². The maximum Gasteiger partial charge on any atom is 0.244 e. The van der Waals surface area contributed by atoms with Crippen LogP contribution in [-0.4, -0.2) is 58.9 Å². The molecule has 9 heteroatoms. The first-order valence-electron chi connectivity index (χ1n) is 10.6. The van der Waals surface area contributed by atoms with Crippen molar-refractivity contribution in [3.63, 3.8) is 0 Å². The zero-order valence-electron chi connectivity index (χ0n) is 17.4. The van der Waals surface area contributed by atoms with Crippen molar-refractivity contribution in [2.45, 2.75) is 37.1 Å². The summed E-state index contributed by atoms with van der Waals surface area (Å²) in [6, 6.07) is 9.22. The number of pyridine rings is 1. The zero-order chi connectivity index (χ0) is 21.4. The molecule has 1 aliphatic carbocycles. The normalized spacial score (nSPS) is 18.7. The SMILES string of the molecule is CC(c1nc(-c2cccnc2)no1)N1CCN(S(=O)(=O)c2ccc3c(c2)CCC3)CC1. The van der Waals surface area contributed by atoms with Crippen molar-refractivity contribution in [2.24, 2.45) is 0 Å². The summed E-state index contributed by atoms with van der Waals surface area (Å²) in [7, 11) is -3.48. The molecule has 0 N–H and O–H groups in total. The van der Waals surface area contributed by atoms with E-state index in [9.17, 15) is 8.42 Å². The highest BCUT2D eigenvalue weighted by atomic mass is 32.2. The van der Waals surface area contributed by atoms with Crippen molar-refractivity contribution >= 4 is 10.0 Å². The lowest BCUT2D eigenvalue weighted by molar-refractivity contribution is 0.124. The van der Waals surface area contributed by atoms with Crippen LogP contribution in [0.5, 0.6) is 0 Å². The van der Waals surface area contributed by atoms with Crippen LogP contribution in [0.2, 0.25) is 0 Å². The molecule has 0 saturated carbocycles. The molecule has 1 unspecified atom stereocenters. The molecule has 8 nitrogen and oxygen atoms in total. The Morgan fingerprint density at radius 2 is 1.87 bits per heavy atom. The van der Waals surface area contributed by atoms with Crippen molar-refractivity contribution in [2.75, 3.05) is 26.2 Å². The van der Waals surface area contributed by atoms with Gasteiger partial charge in [0.15, 0.2) is 0 Å². The number of sulfonamides is 1. The van der Waals surface area contributed by atoms with Gasteiger partial charge >= 0.3 is 0 Å². The molecule has 1 saturated heterocycles. The highest BCUT2D eigenvalue weighted by Crippen LogP contribution is 2.28. The Morgan fingerprint density at radius 1 is 1.06 bits per heavy atom. The molecule has 3 aromatic rings. The lowest BCUT2D eigenvalue weighted by Gasteiger charge is -2.36. The Kier molecular flexibility index (Phi) is 5.33. The minimum absolute atomic E-state index is 0.0947. The van der Waals surface area contributed by atoms with E-state index in [1.54, 1.807) is 22.8 Å². The number of nitrogens with zero attached hydrogens (tertiary/aromatic N) is 5. The third kappa shape index (κ3) is 3.88. The standard InChI is InChI=1S/C22H25N5O3S/c1-16(22-24-21(25-30-22)19-6-3-9-23-15-19)26-10-12-27(13-11-26)31(28,29)20-8-7-17-4-2-5-18(17)14-20/h3,6-9,14-16H,2,4-5,10-13H2,1H3. The van der Waals surface area contributed by atoms with E-state index in [-0.39, 0.29) is 6.04 Å². The number of hydrogen-bond acceptors (Lipinski definition) is 7. The van der Waals surface area contributed by atoms with E-state index in [1.165, 1.54) is 11.1 Å². The molecule has 162 valence electrons. The molecule has 1 aromatic carbocycles. The summed E-state index contributed by atoms with van der Waals surface area (Å²) in [5, 5.41) is 4.07. The fraction of sp³-hybridized carbons (Fsp3) is 0.409. The minimum atomic E-state index is -3.48. The number of aryl methyl sites for hydroxylation is 2. The Balaban J connectivity index is 1.25. The van der Waals surface area contributed by atoms with Crippen molar-refractivity contribution in [3.05, 3.63) is 59.7 Å². The molecule has 5 rings (SSSR count). The summed E-state index contributed by atoms with van der Waals surface area (Å²) in [5.74, 6) is 1.03. The van der Waals surface area contributed by atoms with E-state index >= 15 is 0 Å². The maximum atomic E-state index is 13.2. The average molecular weight is 440 g/mol. The highest BCUT2D eigenvalue weighted by Gasteiger charge is 2.32. The molecular weight excluding hydrogens is 414 g/mol. The fourth-order valence-electron chi connectivity index (χ4n) is 4.36. The lowest BCUT2D eigenvalue weighted by atomic mass is 10.1. The molecule has 2 aromatic heterocycles. The van der Waals surface area contributed by atoms with Crippen LogP contribution in [0, 0.1) is 0 Å². The van der Waals surface area contributed by atoms with Crippen LogP contribution in [0.1, 0.15) is 36.4 Å². The Morgan fingerprint density at radius 3 is 2.65 bits per heavy atom. The summed E-state index contributed by atoms with van der Waals surface area (Å²) in [4.78, 5) is 11.2. The van der Waals surface area contributed by atoms with Crippen LogP contribution in [0.25, 0.3) is 11.4 Å². The quantitative estimate of drug-likeness (QED) is 0.603. The van der Waals surface area contributed by atoms with Gasteiger partial charge in [-0.1, -0.05) is 11.2 Å². The van der Waals surface area contributed by atoms with Gasteiger partial charge in [-0.25, -0.2) is 8.42 Å². The largest absolute Gasteiger partial charge is 0.337 e. The average Bonchev–Trinajstić information content (AvgIpc) is 3.48. The molecule has 3 heterocycles. The molecule has 0 radical (unpaired) electrons. The molecule has 0 amide bonds. The summed E-state index contributed by atoms with van der Waals surface area (Å²) in [5.41, 5.74) is 3.26. The second-order valence-electron chi connectivity index (χ2n) is 8.10. The van der Waals surface area contributed by atoms with Crippen molar-refractivity contribution in [1.82, 2.24) is 24.3 Å². The topological polar surface area (TPSA) is 92.4 Å². The van der Waals surface area contributed by atoms with Gasteiger partial charge < -0.3 is 4.52 Å². The van der Waals surface area contributed by atoms with Gasteiger partial charge in [0.2, 0.25) is 21.7 Å². The Hall–Kier alpha value is -2.62. The van der Waals surface area contributed by atoms with Crippen molar-refractivity contribution < 1.29 is 12.9 Å².